The summed E-state index contributed by atoms with van der Waals surface area (Å²) in [6, 6.07) is 11.5. The van der Waals surface area contributed by atoms with Gasteiger partial charge < -0.3 is 16.2 Å². The van der Waals surface area contributed by atoms with Crippen LogP contribution in [0.4, 0.5) is 11.5 Å². The van der Waals surface area contributed by atoms with E-state index >= 15 is 0 Å². The van der Waals surface area contributed by atoms with Gasteiger partial charge in [-0.25, -0.2) is 9.78 Å². The number of rotatable bonds is 5. The van der Waals surface area contributed by atoms with Crippen LogP contribution in [0, 0.1) is 0 Å². The number of hydrogen-bond donors (Lipinski definition) is 3. The Labute approximate surface area is 117 Å². The maximum atomic E-state index is 11.0. The Balaban J connectivity index is 2.04. The number of hydrogen-bond acceptors (Lipinski definition) is 4. The summed E-state index contributed by atoms with van der Waals surface area (Å²) < 4.78 is 0. The molecule has 1 aromatic carbocycles. The van der Waals surface area contributed by atoms with Crippen LogP contribution in [0.3, 0.4) is 0 Å². The molecule has 1 atom stereocenters. The normalized spacial score (nSPS) is 11.8. The molecular weight excluding hydrogens is 254 g/mol. The first kappa shape index (κ1) is 13.9. The number of carbonyl (C=O) groups is 1. The second kappa shape index (κ2) is 6.06. The van der Waals surface area contributed by atoms with Gasteiger partial charge in [-0.1, -0.05) is 37.3 Å². The van der Waals surface area contributed by atoms with Crippen molar-refractivity contribution in [2.45, 2.75) is 12.8 Å². The van der Waals surface area contributed by atoms with E-state index in [-0.39, 0.29) is 11.3 Å². The minimum absolute atomic E-state index is 0.0647. The van der Waals surface area contributed by atoms with Crippen LogP contribution in [0.25, 0.3) is 0 Å². The highest BCUT2D eigenvalue weighted by Crippen LogP contribution is 2.18. The summed E-state index contributed by atoms with van der Waals surface area (Å²) in [6.07, 6.45) is 1.36. The van der Waals surface area contributed by atoms with E-state index in [1.807, 2.05) is 18.2 Å². The van der Waals surface area contributed by atoms with Gasteiger partial charge in [-0.15, -0.1) is 0 Å². The maximum Gasteiger partial charge on any atom is 0.337 e. The molecule has 2 aromatic rings. The van der Waals surface area contributed by atoms with Gasteiger partial charge in [0.1, 0.15) is 5.82 Å². The number of carboxylic acid groups (broad SMARTS) is 1. The van der Waals surface area contributed by atoms with Crippen molar-refractivity contribution in [3.8, 4) is 0 Å². The second-order valence-corrected chi connectivity index (χ2v) is 4.65. The number of nitrogen functional groups attached to an aromatic ring is 1. The summed E-state index contributed by atoms with van der Waals surface area (Å²) in [5.41, 5.74) is 7.01. The molecule has 0 radical (unpaired) electrons. The van der Waals surface area contributed by atoms with E-state index in [0.717, 1.165) is 0 Å². The number of anilines is 2. The topological polar surface area (TPSA) is 88.2 Å². The van der Waals surface area contributed by atoms with Gasteiger partial charge in [-0.05, 0) is 17.5 Å². The Kier molecular flexibility index (Phi) is 4.20. The molecule has 0 amide bonds. The van der Waals surface area contributed by atoms with Crippen molar-refractivity contribution >= 4 is 17.5 Å². The average Bonchev–Trinajstić information content (AvgIpc) is 2.46. The lowest BCUT2D eigenvalue weighted by Crippen LogP contribution is -2.12. The lowest BCUT2D eigenvalue weighted by Gasteiger charge is -2.14. The highest BCUT2D eigenvalue weighted by atomic mass is 16.4. The van der Waals surface area contributed by atoms with Gasteiger partial charge in [0.25, 0.3) is 0 Å². The fourth-order valence-corrected chi connectivity index (χ4v) is 1.90. The van der Waals surface area contributed by atoms with E-state index in [9.17, 15) is 4.79 Å². The van der Waals surface area contributed by atoms with Gasteiger partial charge >= 0.3 is 5.97 Å². The maximum absolute atomic E-state index is 11.0. The lowest BCUT2D eigenvalue weighted by molar-refractivity contribution is 0.0698. The largest absolute Gasteiger partial charge is 0.478 e. The SMILES string of the molecule is CC(CNc1cc(C(=O)O)c(N)cn1)c1ccccc1. The molecule has 104 valence electrons. The van der Waals surface area contributed by atoms with E-state index in [2.05, 4.69) is 29.4 Å². The predicted molar refractivity (Wildman–Crippen MR) is 79.0 cm³/mol. The number of aromatic carboxylic acids is 1. The first-order chi connectivity index (χ1) is 9.58. The molecule has 2 rings (SSSR count). The van der Waals surface area contributed by atoms with Crippen LogP contribution in [-0.4, -0.2) is 22.6 Å². The molecule has 5 heteroatoms. The molecule has 0 fully saturated rings. The van der Waals surface area contributed by atoms with E-state index < -0.39 is 5.97 Å². The number of benzene rings is 1. The van der Waals surface area contributed by atoms with Crippen molar-refractivity contribution in [3.05, 3.63) is 53.7 Å². The standard InChI is InChI=1S/C15H17N3O2/c1-10(11-5-3-2-4-6-11)8-17-14-7-12(15(19)20)13(16)9-18-14/h2-7,9-10H,8,16H2,1H3,(H,17,18)(H,19,20). The lowest BCUT2D eigenvalue weighted by atomic mass is 10.0. The first-order valence-corrected chi connectivity index (χ1v) is 6.35. The van der Waals surface area contributed by atoms with Crippen LogP contribution in [-0.2, 0) is 0 Å². The first-order valence-electron chi connectivity index (χ1n) is 6.35. The Hall–Kier alpha value is -2.56. The van der Waals surface area contributed by atoms with Gasteiger partial charge in [0.2, 0.25) is 0 Å². The minimum atomic E-state index is -1.05. The number of nitrogens with two attached hydrogens (primary N) is 1. The smallest absolute Gasteiger partial charge is 0.337 e. The third-order valence-electron chi connectivity index (χ3n) is 3.12. The number of nitrogens with zero attached hydrogens (tertiary/aromatic N) is 1. The van der Waals surface area contributed by atoms with Crippen molar-refractivity contribution in [1.29, 1.82) is 0 Å². The van der Waals surface area contributed by atoms with E-state index in [0.29, 0.717) is 18.3 Å². The van der Waals surface area contributed by atoms with Crippen LogP contribution in [0.5, 0.6) is 0 Å². The van der Waals surface area contributed by atoms with Gasteiger partial charge in [0.05, 0.1) is 17.4 Å². The van der Waals surface area contributed by atoms with E-state index in [1.54, 1.807) is 0 Å². The zero-order valence-electron chi connectivity index (χ0n) is 11.2. The van der Waals surface area contributed by atoms with Crippen molar-refractivity contribution in [3.63, 3.8) is 0 Å². The van der Waals surface area contributed by atoms with Crippen LogP contribution in [0.15, 0.2) is 42.6 Å². The van der Waals surface area contributed by atoms with E-state index in [4.69, 9.17) is 10.8 Å². The molecule has 0 saturated carbocycles. The molecule has 5 nitrogen and oxygen atoms in total. The number of pyridine rings is 1. The van der Waals surface area contributed by atoms with Gasteiger partial charge in [0.15, 0.2) is 0 Å². The molecule has 0 saturated heterocycles. The molecule has 0 aliphatic rings. The fourth-order valence-electron chi connectivity index (χ4n) is 1.90. The van der Waals surface area contributed by atoms with Crippen molar-refractivity contribution in [2.75, 3.05) is 17.6 Å². The molecule has 4 N–H and O–H groups in total. The van der Waals surface area contributed by atoms with E-state index in [1.165, 1.54) is 17.8 Å². The predicted octanol–water partition coefficient (Wildman–Crippen LogP) is 2.58. The summed E-state index contributed by atoms with van der Waals surface area (Å²) in [6.45, 7) is 2.76. The van der Waals surface area contributed by atoms with Crippen LogP contribution >= 0.6 is 0 Å². The molecule has 0 aliphatic heterocycles. The number of carboxylic acids is 1. The summed E-state index contributed by atoms with van der Waals surface area (Å²) in [4.78, 5) is 15.1. The minimum Gasteiger partial charge on any atom is -0.478 e. The van der Waals surface area contributed by atoms with Gasteiger partial charge in [-0.2, -0.15) is 0 Å². The van der Waals surface area contributed by atoms with Crippen molar-refractivity contribution < 1.29 is 9.90 Å². The van der Waals surface area contributed by atoms with Crippen molar-refractivity contribution in [2.24, 2.45) is 0 Å². The summed E-state index contributed by atoms with van der Waals surface area (Å²) >= 11 is 0. The van der Waals surface area contributed by atoms with Crippen LogP contribution < -0.4 is 11.1 Å². The highest BCUT2D eigenvalue weighted by Gasteiger charge is 2.10. The van der Waals surface area contributed by atoms with Gasteiger partial charge in [0, 0.05) is 6.54 Å². The molecule has 1 heterocycles. The quantitative estimate of drug-likeness (QED) is 0.777. The Morgan fingerprint density at radius 2 is 2.10 bits per heavy atom. The highest BCUT2D eigenvalue weighted by molar-refractivity contribution is 5.94. The zero-order chi connectivity index (χ0) is 14.5. The Bertz CT molecular complexity index is 599. The summed E-state index contributed by atoms with van der Waals surface area (Å²) in [5.74, 6) is -0.243. The molecule has 20 heavy (non-hydrogen) atoms. The van der Waals surface area contributed by atoms with Crippen LogP contribution in [0.1, 0.15) is 28.8 Å². The third-order valence-corrected chi connectivity index (χ3v) is 3.12. The summed E-state index contributed by atoms with van der Waals surface area (Å²) in [7, 11) is 0. The Morgan fingerprint density at radius 1 is 1.40 bits per heavy atom. The summed E-state index contributed by atoms with van der Waals surface area (Å²) in [5, 5.41) is 12.1. The van der Waals surface area contributed by atoms with Gasteiger partial charge in [-0.3, -0.25) is 0 Å². The van der Waals surface area contributed by atoms with Crippen LogP contribution in [0.2, 0.25) is 0 Å². The third kappa shape index (κ3) is 3.26. The molecule has 0 bridgehead atoms. The molecular formula is C15H17N3O2. The zero-order valence-corrected chi connectivity index (χ0v) is 11.2. The molecule has 1 aromatic heterocycles. The number of aromatic nitrogens is 1. The molecule has 0 spiro atoms. The fraction of sp³-hybridized carbons (Fsp3) is 0.200. The number of nitrogens with one attached hydrogen (secondary N) is 1. The van der Waals surface area contributed by atoms with Crippen molar-refractivity contribution in [1.82, 2.24) is 4.98 Å². The molecule has 0 aliphatic carbocycles. The second-order valence-electron chi connectivity index (χ2n) is 4.65. The molecule has 1 unspecified atom stereocenters. The Morgan fingerprint density at radius 3 is 2.75 bits per heavy atom. The average molecular weight is 271 g/mol. The monoisotopic (exact) mass is 271 g/mol.